The zero-order valence-electron chi connectivity index (χ0n) is 21.0. The van der Waals surface area contributed by atoms with Gasteiger partial charge in [-0.25, -0.2) is 9.78 Å². The van der Waals surface area contributed by atoms with Gasteiger partial charge in [-0.3, -0.25) is 0 Å². The molecular formula is C30H30N4O3. The molecule has 5 rings (SSSR count). The van der Waals surface area contributed by atoms with Crippen LogP contribution in [-0.2, 0) is 14.3 Å². The highest BCUT2D eigenvalue weighted by atomic mass is 16.5. The standard InChI is InChI=1S/C30H30N4O3/c1-31-25-12-8-22(9-13-25)28-29(23-10-14-26(15-11-23)34-17-19-37-20-18-34)33-30(32-28)24-6-3-21(4-7-24)5-16-27(35)36-2/h3-16,31H,17-20H2,1-2H3,(H,32,33)/b16-5+. The Hall–Kier alpha value is -4.36. The summed E-state index contributed by atoms with van der Waals surface area (Å²) in [4.78, 5) is 22.3. The monoisotopic (exact) mass is 494 g/mol. The number of carbonyl (C=O) groups excluding carboxylic acids is 1. The molecule has 7 nitrogen and oxygen atoms in total. The fraction of sp³-hybridized carbons (Fsp3) is 0.200. The lowest BCUT2D eigenvalue weighted by Gasteiger charge is -2.28. The van der Waals surface area contributed by atoms with Gasteiger partial charge >= 0.3 is 5.97 Å². The van der Waals surface area contributed by atoms with Crippen LogP contribution in [-0.4, -0.2) is 56.4 Å². The highest BCUT2D eigenvalue weighted by Gasteiger charge is 2.17. The Balaban J connectivity index is 1.49. The zero-order chi connectivity index (χ0) is 25.6. The Morgan fingerprint density at radius 2 is 1.59 bits per heavy atom. The van der Waals surface area contributed by atoms with E-state index in [2.05, 4.69) is 68.5 Å². The first-order valence-corrected chi connectivity index (χ1v) is 12.3. The number of morpholine rings is 1. The van der Waals surface area contributed by atoms with Crippen molar-refractivity contribution in [3.8, 4) is 33.9 Å². The summed E-state index contributed by atoms with van der Waals surface area (Å²) in [5.41, 5.74) is 8.07. The minimum absolute atomic E-state index is 0.381. The van der Waals surface area contributed by atoms with Crippen molar-refractivity contribution in [2.45, 2.75) is 0 Å². The third-order valence-electron chi connectivity index (χ3n) is 6.48. The Bertz CT molecular complexity index is 1370. The van der Waals surface area contributed by atoms with E-state index >= 15 is 0 Å². The van der Waals surface area contributed by atoms with E-state index in [0.29, 0.717) is 0 Å². The summed E-state index contributed by atoms with van der Waals surface area (Å²) >= 11 is 0. The number of nitrogens with zero attached hydrogens (tertiary/aromatic N) is 2. The third kappa shape index (κ3) is 5.57. The summed E-state index contributed by atoms with van der Waals surface area (Å²) < 4.78 is 10.2. The van der Waals surface area contributed by atoms with Crippen molar-refractivity contribution in [1.82, 2.24) is 9.97 Å². The summed E-state index contributed by atoms with van der Waals surface area (Å²) in [6.07, 6.45) is 3.14. The largest absolute Gasteiger partial charge is 0.466 e. The van der Waals surface area contributed by atoms with Crippen molar-refractivity contribution in [1.29, 1.82) is 0 Å². The first-order chi connectivity index (χ1) is 18.1. The molecule has 0 unspecified atom stereocenters. The maximum atomic E-state index is 11.4. The molecule has 0 radical (unpaired) electrons. The van der Waals surface area contributed by atoms with Crippen LogP contribution >= 0.6 is 0 Å². The predicted molar refractivity (Wildman–Crippen MR) is 149 cm³/mol. The summed E-state index contributed by atoms with van der Waals surface area (Å²) in [7, 11) is 3.28. The molecule has 1 fully saturated rings. The highest BCUT2D eigenvalue weighted by Crippen LogP contribution is 2.34. The molecule has 0 aliphatic carbocycles. The summed E-state index contributed by atoms with van der Waals surface area (Å²) in [6.45, 7) is 3.32. The van der Waals surface area contributed by atoms with Crippen molar-refractivity contribution in [3.05, 3.63) is 84.4 Å². The van der Waals surface area contributed by atoms with Crippen LogP contribution in [0.2, 0.25) is 0 Å². The SMILES string of the molecule is CNc1ccc(-c2[nH]c(-c3ccc(/C=C/C(=O)OC)cc3)nc2-c2ccc(N3CCOCC3)cc2)cc1. The van der Waals surface area contributed by atoms with E-state index in [1.54, 1.807) is 6.08 Å². The van der Waals surface area contributed by atoms with Crippen LogP contribution in [0.4, 0.5) is 11.4 Å². The van der Waals surface area contributed by atoms with Crippen LogP contribution in [0.5, 0.6) is 0 Å². The lowest BCUT2D eigenvalue weighted by atomic mass is 10.0. The molecule has 37 heavy (non-hydrogen) atoms. The number of aromatic amines is 1. The van der Waals surface area contributed by atoms with E-state index in [1.165, 1.54) is 18.9 Å². The number of benzene rings is 3. The van der Waals surface area contributed by atoms with Gasteiger partial charge in [0, 0.05) is 54.3 Å². The number of H-pyrrole nitrogens is 1. The smallest absolute Gasteiger partial charge is 0.330 e. The first-order valence-electron chi connectivity index (χ1n) is 12.3. The number of ether oxygens (including phenoxy) is 2. The number of hydrogen-bond acceptors (Lipinski definition) is 6. The fourth-order valence-corrected chi connectivity index (χ4v) is 4.37. The van der Waals surface area contributed by atoms with Gasteiger partial charge in [0.05, 0.1) is 31.7 Å². The molecule has 1 aromatic heterocycles. The Kier molecular flexibility index (Phi) is 7.33. The number of nitrogens with one attached hydrogen (secondary N) is 2. The molecule has 1 aliphatic heterocycles. The van der Waals surface area contributed by atoms with Gasteiger partial charge in [-0.15, -0.1) is 0 Å². The molecular weight excluding hydrogens is 464 g/mol. The first kappa shape index (κ1) is 24.3. The number of esters is 1. The quantitative estimate of drug-likeness (QED) is 0.262. The zero-order valence-corrected chi connectivity index (χ0v) is 21.0. The van der Waals surface area contributed by atoms with Gasteiger partial charge in [-0.2, -0.15) is 0 Å². The number of rotatable bonds is 7. The molecule has 0 amide bonds. The molecule has 7 heteroatoms. The third-order valence-corrected chi connectivity index (χ3v) is 6.48. The molecule has 1 saturated heterocycles. The van der Waals surface area contributed by atoms with E-state index in [0.717, 1.165) is 71.5 Å². The van der Waals surface area contributed by atoms with Crippen LogP contribution < -0.4 is 10.2 Å². The Morgan fingerprint density at radius 1 is 0.946 bits per heavy atom. The summed E-state index contributed by atoms with van der Waals surface area (Å²) in [5, 5.41) is 3.17. The lowest BCUT2D eigenvalue weighted by Crippen LogP contribution is -2.36. The van der Waals surface area contributed by atoms with Crippen LogP contribution in [0.25, 0.3) is 40.0 Å². The van der Waals surface area contributed by atoms with E-state index in [9.17, 15) is 4.79 Å². The average Bonchev–Trinajstić information content (AvgIpc) is 3.42. The van der Waals surface area contributed by atoms with Gasteiger partial charge in [-0.1, -0.05) is 48.5 Å². The van der Waals surface area contributed by atoms with E-state index in [4.69, 9.17) is 9.72 Å². The van der Waals surface area contributed by atoms with Gasteiger partial charge in [0.25, 0.3) is 0 Å². The maximum Gasteiger partial charge on any atom is 0.330 e. The second-order valence-corrected chi connectivity index (χ2v) is 8.76. The van der Waals surface area contributed by atoms with Gasteiger partial charge in [0.1, 0.15) is 5.82 Å². The molecule has 2 heterocycles. The van der Waals surface area contributed by atoms with Gasteiger partial charge < -0.3 is 24.7 Å². The molecule has 3 aromatic carbocycles. The average molecular weight is 495 g/mol. The molecule has 1 aliphatic rings. The number of carbonyl (C=O) groups is 1. The van der Waals surface area contributed by atoms with Crippen LogP contribution in [0.3, 0.4) is 0 Å². The molecule has 4 aromatic rings. The summed E-state index contributed by atoms with van der Waals surface area (Å²) in [6, 6.07) is 24.8. The van der Waals surface area contributed by atoms with E-state index in [1.807, 2.05) is 31.3 Å². The molecule has 0 spiro atoms. The fourth-order valence-electron chi connectivity index (χ4n) is 4.37. The normalized spacial score (nSPS) is 13.6. The molecule has 0 bridgehead atoms. The molecule has 2 N–H and O–H groups in total. The van der Waals surface area contributed by atoms with Crippen molar-refractivity contribution in [3.63, 3.8) is 0 Å². The van der Waals surface area contributed by atoms with Crippen molar-refractivity contribution >= 4 is 23.4 Å². The number of hydrogen-bond donors (Lipinski definition) is 2. The lowest BCUT2D eigenvalue weighted by molar-refractivity contribution is -0.134. The summed E-state index contributed by atoms with van der Waals surface area (Å²) in [5.74, 6) is 0.400. The topological polar surface area (TPSA) is 79.5 Å². The van der Waals surface area contributed by atoms with Crippen molar-refractivity contribution < 1.29 is 14.3 Å². The second-order valence-electron chi connectivity index (χ2n) is 8.76. The maximum absolute atomic E-state index is 11.4. The van der Waals surface area contributed by atoms with Gasteiger partial charge in [0.2, 0.25) is 0 Å². The molecule has 188 valence electrons. The number of imidazole rings is 1. The van der Waals surface area contributed by atoms with E-state index in [-0.39, 0.29) is 5.97 Å². The van der Waals surface area contributed by atoms with Crippen molar-refractivity contribution in [2.24, 2.45) is 0 Å². The van der Waals surface area contributed by atoms with Gasteiger partial charge in [-0.05, 0) is 35.9 Å². The van der Waals surface area contributed by atoms with Crippen LogP contribution in [0.1, 0.15) is 5.56 Å². The van der Waals surface area contributed by atoms with Crippen LogP contribution in [0.15, 0.2) is 78.9 Å². The predicted octanol–water partition coefficient (Wildman–Crippen LogP) is 5.48. The van der Waals surface area contributed by atoms with Crippen LogP contribution in [0, 0.1) is 0 Å². The minimum Gasteiger partial charge on any atom is -0.466 e. The number of aromatic nitrogens is 2. The Labute approximate surface area is 216 Å². The minimum atomic E-state index is -0.381. The van der Waals surface area contributed by atoms with E-state index < -0.39 is 0 Å². The molecule has 0 saturated carbocycles. The number of anilines is 2. The second kappa shape index (κ2) is 11.1. The van der Waals surface area contributed by atoms with Gasteiger partial charge in [0.15, 0.2) is 0 Å². The van der Waals surface area contributed by atoms with Crippen molar-refractivity contribution in [2.75, 3.05) is 50.7 Å². The highest BCUT2D eigenvalue weighted by molar-refractivity contribution is 5.87. The molecule has 0 atom stereocenters. The Morgan fingerprint density at radius 3 is 2.24 bits per heavy atom. The number of methoxy groups -OCH3 is 1.